The average molecular weight is 634 g/mol. The molecule has 0 saturated carbocycles. The fourth-order valence-corrected chi connectivity index (χ4v) is 7.20. The van der Waals surface area contributed by atoms with Gasteiger partial charge in [0, 0.05) is 11.3 Å². The number of anilines is 1. The van der Waals surface area contributed by atoms with Crippen LogP contribution in [0.25, 0.3) is 22.4 Å². The molecule has 9 nitrogen and oxygen atoms in total. The summed E-state index contributed by atoms with van der Waals surface area (Å²) in [4.78, 5) is 28.4. The monoisotopic (exact) mass is 633 g/mol. The number of rotatable bonds is 10. The van der Waals surface area contributed by atoms with Gasteiger partial charge in [0.05, 0.1) is 36.8 Å². The molecule has 10 heteroatoms. The van der Waals surface area contributed by atoms with E-state index in [1.165, 1.54) is 24.3 Å². The van der Waals surface area contributed by atoms with Crippen LogP contribution in [-0.4, -0.2) is 68.7 Å². The lowest BCUT2D eigenvalue weighted by molar-refractivity contribution is -0.123. The van der Waals surface area contributed by atoms with Crippen molar-refractivity contribution in [2.24, 2.45) is 17.8 Å². The molecule has 0 aromatic heterocycles. The number of carbonyl (C=O) groups excluding carboxylic acids is 2. The van der Waals surface area contributed by atoms with E-state index in [0.717, 1.165) is 32.4 Å². The van der Waals surface area contributed by atoms with Gasteiger partial charge in [-0.2, -0.15) is 0 Å². The Bertz CT molecular complexity index is 1870. The molecule has 1 heterocycles. The quantitative estimate of drug-likeness (QED) is 0.0674. The summed E-state index contributed by atoms with van der Waals surface area (Å²) in [5.41, 5.74) is 3.86. The maximum atomic E-state index is 13.8. The highest BCUT2D eigenvalue weighted by Gasteiger charge is 2.55. The van der Waals surface area contributed by atoms with Crippen LogP contribution in [0.1, 0.15) is 30.4 Å². The molecule has 240 valence electrons. The minimum absolute atomic E-state index is 0.0499. The number of allylic oxidation sites excluding steroid dienone is 1. The first-order valence-electron chi connectivity index (χ1n) is 15.7. The van der Waals surface area contributed by atoms with Gasteiger partial charge in [-0.25, -0.2) is 0 Å². The third-order valence-corrected chi connectivity index (χ3v) is 9.45. The van der Waals surface area contributed by atoms with Gasteiger partial charge in [0.25, 0.3) is 0 Å². The summed E-state index contributed by atoms with van der Waals surface area (Å²) in [6, 6.07) is 26.6. The Morgan fingerprint density at radius 3 is 2.32 bits per heavy atom. The highest BCUT2D eigenvalue weighted by Crippen LogP contribution is 2.47. The van der Waals surface area contributed by atoms with E-state index in [2.05, 4.69) is 0 Å². The van der Waals surface area contributed by atoms with Gasteiger partial charge in [0.15, 0.2) is 0 Å². The van der Waals surface area contributed by atoms with Crippen molar-refractivity contribution in [3.63, 3.8) is 0 Å². The summed E-state index contributed by atoms with van der Waals surface area (Å²) >= 11 is 0. The molecule has 6 N–H and O–H groups in total. The van der Waals surface area contributed by atoms with Crippen LogP contribution in [0.15, 0.2) is 102 Å². The average Bonchev–Trinajstić information content (AvgIpc) is 3.35. The first-order chi connectivity index (χ1) is 22.7. The van der Waals surface area contributed by atoms with Crippen molar-refractivity contribution in [1.29, 1.82) is 0 Å². The zero-order valence-corrected chi connectivity index (χ0v) is 25.6. The van der Waals surface area contributed by atoms with Gasteiger partial charge in [0.2, 0.25) is 11.8 Å². The van der Waals surface area contributed by atoms with Crippen LogP contribution in [0.4, 0.5) is 5.69 Å². The van der Waals surface area contributed by atoms with Crippen molar-refractivity contribution in [3.8, 4) is 5.75 Å². The number of aromatic hydroxyl groups is 1. The van der Waals surface area contributed by atoms with Gasteiger partial charge in [-0.05, 0) is 76.2 Å². The largest absolute Gasteiger partial charge is 0.507 e. The van der Waals surface area contributed by atoms with E-state index in [1.54, 1.807) is 6.07 Å². The van der Waals surface area contributed by atoms with E-state index in [9.17, 15) is 40.1 Å². The third kappa shape index (κ3) is 6.14. The SMILES string of the molecule is O=C1[C@@H]2[C@@H](CC(CO)=C([C@H](O)CC/C(=C/c3ccc(O)c4ccccc34)c3ccccc3)[C@@H]2CO)C(=O)N1c1cccc(B(O)O)c1. The van der Waals surface area contributed by atoms with Crippen molar-refractivity contribution in [2.45, 2.75) is 25.4 Å². The lowest BCUT2D eigenvalue weighted by Crippen LogP contribution is -2.39. The molecular formula is C37H36BNO8. The fraction of sp³-hybridized carbons (Fsp3) is 0.243. The zero-order valence-electron chi connectivity index (χ0n) is 25.6. The van der Waals surface area contributed by atoms with Crippen LogP contribution in [0.2, 0.25) is 0 Å². The van der Waals surface area contributed by atoms with Gasteiger partial charge in [0.1, 0.15) is 5.75 Å². The molecule has 2 aliphatic rings. The standard InChI is InChI=1S/C37H36BNO8/c40-20-25-18-30-35(37(45)39(36(30)44)27-10-6-9-26(19-27)38(46)47)31(21-41)34(25)33(43)16-13-23(22-7-2-1-3-8-22)17-24-14-15-32(42)29-12-5-4-11-28(24)29/h1-12,14-15,17,19,30-31,33,35,40-43,46-47H,13,16,18,20-21H2/b23-17-/t30-,31+,33-,35-/m1/s1. The highest BCUT2D eigenvalue weighted by atomic mass is 16.4. The number of fused-ring (bicyclic) bond motifs is 2. The maximum absolute atomic E-state index is 13.8. The Morgan fingerprint density at radius 2 is 1.62 bits per heavy atom. The third-order valence-electron chi connectivity index (χ3n) is 9.45. The maximum Gasteiger partial charge on any atom is 0.488 e. The molecule has 4 aromatic rings. The molecule has 0 spiro atoms. The van der Waals surface area contributed by atoms with E-state index in [4.69, 9.17) is 0 Å². The number of aliphatic hydroxyl groups is 3. The van der Waals surface area contributed by atoms with E-state index in [0.29, 0.717) is 17.6 Å². The number of carbonyl (C=O) groups is 2. The van der Waals surface area contributed by atoms with Crippen molar-refractivity contribution in [2.75, 3.05) is 18.1 Å². The molecule has 1 saturated heterocycles. The minimum atomic E-state index is -1.79. The van der Waals surface area contributed by atoms with Crippen molar-refractivity contribution >= 4 is 52.5 Å². The van der Waals surface area contributed by atoms with Gasteiger partial charge in [-0.15, -0.1) is 0 Å². The Balaban J connectivity index is 1.31. The predicted octanol–water partition coefficient (Wildman–Crippen LogP) is 3.01. The first kappa shape index (κ1) is 32.4. The van der Waals surface area contributed by atoms with Crippen LogP contribution in [-0.2, 0) is 9.59 Å². The first-order valence-corrected chi connectivity index (χ1v) is 15.7. The molecule has 1 fully saturated rings. The van der Waals surface area contributed by atoms with E-state index in [-0.39, 0.29) is 29.7 Å². The lowest BCUT2D eigenvalue weighted by Gasteiger charge is -2.36. The molecule has 1 aliphatic heterocycles. The summed E-state index contributed by atoms with van der Waals surface area (Å²) in [7, 11) is -1.79. The Morgan fingerprint density at radius 1 is 0.894 bits per heavy atom. The van der Waals surface area contributed by atoms with E-state index < -0.39 is 56.0 Å². The molecule has 0 radical (unpaired) electrons. The predicted molar refractivity (Wildman–Crippen MR) is 180 cm³/mol. The van der Waals surface area contributed by atoms with Crippen LogP contribution >= 0.6 is 0 Å². The molecule has 47 heavy (non-hydrogen) atoms. The van der Waals surface area contributed by atoms with Crippen LogP contribution in [0.3, 0.4) is 0 Å². The molecule has 1 aliphatic carbocycles. The summed E-state index contributed by atoms with van der Waals surface area (Å²) in [5, 5.41) is 64.0. The molecule has 6 rings (SSSR count). The number of phenols is 1. The molecule has 2 amide bonds. The number of benzene rings is 4. The molecule has 0 unspecified atom stereocenters. The van der Waals surface area contributed by atoms with Gasteiger partial charge < -0.3 is 30.5 Å². The number of imide groups is 1. The number of aliphatic hydroxyl groups excluding tert-OH is 3. The molecular weight excluding hydrogens is 597 g/mol. The number of phenolic OH excluding ortho intramolecular Hbond substituents is 1. The minimum Gasteiger partial charge on any atom is -0.507 e. The van der Waals surface area contributed by atoms with Crippen LogP contribution < -0.4 is 10.4 Å². The molecule has 4 atom stereocenters. The van der Waals surface area contributed by atoms with Crippen molar-refractivity contribution < 1.29 is 40.1 Å². The van der Waals surface area contributed by atoms with Crippen LogP contribution in [0, 0.1) is 17.8 Å². The Hall–Kier alpha value is -4.58. The summed E-state index contributed by atoms with van der Waals surface area (Å²) in [6.45, 7) is -0.957. The number of nitrogens with zero attached hydrogens (tertiary/aromatic N) is 1. The summed E-state index contributed by atoms with van der Waals surface area (Å²) < 4.78 is 0. The Kier molecular flexibility index (Phi) is 9.40. The second-order valence-corrected chi connectivity index (χ2v) is 12.1. The Labute approximate surface area is 272 Å². The fourth-order valence-electron chi connectivity index (χ4n) is 7.20. The number of hydrogen-bond acceptors (Lipinski definition) is 8. The number of amides is 2. The highest BCUT2D eigenvalue weighted by molar-refractivity contribution is 6.58. The molecule has 0 bridgehead atoms. The number of hydrogen-bond donors (Lipinski definition) is 6. The van der Waals surface area contributed by atoms with Gasteiger partial charge in [-0.3, -0.25) is 14.5 Å². The summed E-state index contributed by atoms with van der Waals surface area (Å²) in [5.74, 6) is -3.57. The van der Waals surface area contributed by atoms with Gasteiger partial charge in [-0.1, -0.05) is 78.9 Å². The molecule has 4 aromatic carbocycles. The van der Waals surface area contributed by atoms with Crippen LogP contribution in [0.5, 0.6) is 5.75 Å². The lowest BCUT2D eigenvalue weighted by atomic mass is 9.68. The van der Waals surface area contributed by atoms with E-state index >= 15 is 0 Å². The van der Waals surface area contributed by atoms with E-state index in [1.807, 2.05) is 66.7 Å². The van der Waals surface area contributed by atoms with Crippen molar-refractivity contribution in [3.05, 3.63) is 113 Å². The second kappa shape index (κ2) is 13.6. The zero-order chi connectivity index (χ0) is 33.2. The topological polar surface area (TPSA) is 159 Å². The van der Waals surface area contributed by atoms with Crippen molar-refractivity contribution in [1.82, 2.24) is 0 Å². The summed E-state index contributed by atoms with van der Waals surface area (Å²) in [6.07, 6.45) is 1.58. The normalized spacial score (nSPS) is 20.6. The van der Waals surface area contributed by atoms with Gasteiger partial charge >= 0.3 is 7.12 Å². The second-order valence-electron chi connectivity index (χ2n) is 12.1. The smallest absolute Gasteiger partial charge is 0.488 e.